The highest BCUT2D eigenvalue weighted by atomic mass is 16.5. The van der Waals surface area contributed by atoms with Gasteiger partial charge in [0.25, 0.3) is 0 Å². The third kappa shape index (κ3) is 3.61. The van der Waals surface area contributed by atoms with Crippen LogP contribution in [0.3, 0.4) is 0 Å². The molecule has 0 fully saturated rings. The van der Waals surface area contributed by atoms with Gasteiger partial charge in [-0.25, -0.2) is 0 Å². The maximum atomic E-state index is 13.4. The zero-order valence-electron chi connectivity index (χ0n) is 16.9. The highest BCUT2D eigenvalue weighted by molar-refractivity contribution is 6.32. The van der Waals surface area contributed by atoms with Gasteiger partial charge in [0.15, 0.2) is 11.6 Å². The molecule has 0 heterocycles. The smallest absolute Gasteiger partial charge is 0.196 e. The van der Waals surface area contributed by atoms with Gasteiger partial charge in [-0.05, 0) is 12.8 Å². The average molecular weight is 380 g/mol. The molecule has 0 aromatic heterocycles. The first-order chi connectivity index (χ1) is 13.6. The molecule has 0 saturated carbocycles. The van der Waals surface area contributed by atoms with Crippen molar-refractivity contribution in [3.8, 4) is 5.75 Å². The molecule has 5 heteroatoms. The molecule has 1 aliphatic rings. The highest BCUT2D eigenvalue weighted by Crippen LogP contribution is 2.42. The van der Waals surface area contributed by atoms with Crippen LogP contribution in [0.5, 0.6) is 5.75 Å². The lowest BCUT2D eigenvalue weighted by Crippen LogP contribution is -2.25. The van der Waals surface area contributed by atoms with Crippen molar-refractivity contribution in [1.29, 1.82) is 0 Å². The quantitative estimate of drug-likeness (QED) is 0.517. The topological polar surface area (TPSA) is 67.4 Å². The Bertz CT molecular complexity index is 890. The van der Waals surface area contributed by atoms with Crippen LogP contribution in [0, 0.1) is 0 Å². The van der Waals surface area contributed by atoms with E-state index in [9.17, 15) is 9.59 Å². The molecule has 2 aromatic rings. The summed E-state index contributed by atoms with van der Waals surface area (Å²) in [6.07, 6.45) is 4.02. The first kappa shape index (κ1) is 19.9. The zero-order chi connectivity index (χ0) is 20.1. The lowest BCUT2D eigenvalue weighted by molar-refractivity contribution is 0.0980. The Hall–Kier alpha value is -2.82. The fourth-order valence-corrected chi connectivity index (χ4v) is 3.54. The number of hydrogen-bond acceptors (Lipinski definition) is 5. The molecular weight excluding hydrogens is 352 g/mol. The number of anilines is 2. The number of ether oxygens (including phenoxy) is 1. The maximum absolute atomic E-state index is 13.4. The molecule has 0 saturated heterocycles. The first-order valence-electron chi connectivity index (χ1n) is 10.0. The van der Waals surface area contributed by atoms with Gasteiger partial charge in [0.1, 0.15) is 5.75 Å². The van der Waals surface area contributed by atoms with Crippen molar-refractivity contribution in [3.05, 3.63) is 52.6 Å². The van der Waals surface area contributed by atoms with Gasteiger partial charge < -0.3 is 15.4 Å². The summed E-state index contributed by atoms with van der Waals surface area (Å²) in [7, 11) is 1.59. The van der Waals surface area contributed by atoms with Gasteiger partial charge in [-0.2, -0.15) is 0 Å². The second-order valence-corrected chi connectivity index (χ2v) is 7.02. The average Bonchev–Trinajstić information content (AvgIpc) is 2.72. The number of hydrogen-bond donors (Lipinski definition) is 2. The summed E-state index contributed by atoms with van der Waals surface area (Å²) in [5.74, 6) is 0.321. The molecule has 3 rings (SSSR count). The van der Waals surface area contributed by atoms with Crippen molar-refractivity contribution in [3.63, 3.8) is 0 Å². The standard InChI is InChI=1S/C23H28N2O3/c1-4-6-12-24-17-14-18(28-3)21(25-13-7-5-2)20-19(17)22(26)15-10-8-9-11-16(15)23(20)27/h8-11,14,24-25H,4-7,12-13H2,1-3H3. The molecule has 5 nitrogen and oxygen atoms in total. The van der Waals surface area contributed by atoms with E-state index in [4.69, 9.17) is 4.74 Å². The lowest BCUT2D eigenvalue weighted by atomic mass is 9.82. The van der Waals surface area contributed by atoms with Gasteiger partial charge in [-0.1, -0.05) is 51.0 Å². The van der Waals surface area contributed by atoms with Crippen molar-refractivity contribution in [2.24, 2.45) is 0 Å². The van der Waals surface area contributed by atoms with Crippen LogP contribution in [-0.2, 0) is 0 Å². The largest absolute Gasteiger partial charge is 0.494 e. The Balaban J connectivity index is 2.18. The van der Waals surface area contributed by atoms with Crippen LogP contribution in [-0.4, -0.2) is 31.8 Å². The lowest BCUT2D eigenvalue weighted by Gasteiger charge is -2.25. The van der Waals surface area contributed by atoms with E-state index in [2.05, 4.69) is 24.5 Å². The van der Waals surface area contributed by atoms with Gasteiger partial charge in [0.2, 0.25) is 0 Å². The number of methoxy groups -OCH3 is 1. The second kappa shape index (κ2) is 8.91. The Morgan fingerprint density at radius 3 is 2.00 bits per heavy atom. The van der Waals surface area contributed by atoms with Crippen molar-refractivity contribution in [2.45, 2.75) is 39.5 Å². The van der Waals surface area contributed by atoms with Gasteiger partial charge >= 0.3 is 0 Å². The Kier molecular flexibility index (Phi) is 6.34. The van der Waals surface area contributed by atoms with E-state index in [1.54, 1.807) is 31.4 Å². The Morgan fingerprint density at radius 2 is 1.43 bits per heavy atom. The molecule has 0 bridgehead atoms. The predicted molar refractivity (Wildman–Crippen MR) is 113 cm³/mol. The van der Waals surface area contributed by atoms with Crippen molar-refractivity contribution in [1.82, 2.24) is 0 Å². The monoisotopic (exact) mass is 380 g/mol. The van der Waals surface area contributed by atoms with Crippen LogP contribution in [0.25, 0.3) is 0 Å². The number of carbonyl (C=O) groups excluding carboxylic acids is 2. The fraction of sp³-hybridized carbons (Fsp3) is 0.391. The fourth-order valence-electron chi connectivity index (χ4n) is 3.54. The molecule has 2 aromatic carbocycles. The summed E-state index contributed by atoms with van der Waals surface area (Å²) in [6, 6.07) is 8.87. The minimum absolute atomic E-state index is 0.120. The maximum Gasteiger partial charge on any atom is 0.196 e. The van der Waals surface area contributed by atoms with Crippen LogP contribution in [0.4, 0.5) is 11.4 Å². The van der Waals surface area contributed by atoms with E-state index < -0.39 is 0 Å². The Labute approximate surface area is 166 Å². The minimum Gasteiger partial charge on any atom is -0.494 e. The van der Waals surface area contributed by atoms with Crippen LogP contribution < -0.4 is 15.4 Å². The van der Waals surface area contributed by atoms with Gasteiger partial charge in [0.05, 0.1) is 23.9 Å². The van der Waals surface area contributed by atoms with Crippen LogP contribution >= 0.6 is 0 Å². The van der Waals surface area contributed by atoms with E-state index in [-0.39, 0.29) is 11.6 Å². The number of unbranched alkanes of at least 4 members (excludes halogenated alkanes) is 2. The molecule has 148 valence electrons. The number of ketones is 2. The molecule has 0 radical (unpaired) electrons. The third-order valence-electron chi connectivity index (χ3n) is 5.06. The molecule has 1 aliphatic carbocycles. The molecule has 0 spiro atoms. The van der Waals surface area contributed by atoms with E-state index in [0.717, 1.165) is 32.2 Å². The normalized spacial score (nSPS) is 12.4. The summed E-state index contributed by atoms with van der Waals surface area (Å²) in [6.45, 7) is 5.67. The van der Waals surface area contributed by atoms with Gasteiger partial charge in [0, 0.05) is 36.0 Å². The van der Waals surface area contributed by atoms with Crippen molar-refractivity contribution < 1.29 is 14.3 Å². The van der Waals surface area contributed by atoms with Gasteiger partial charge in [-0.3, -0.25) is 9.59 Å². The molecule has 0 amide bonds. The number of rotatable bonds is 9. The number of carbonyl (C=O) groups is 2. The van der Waals surface area contributed by atoms with Crippen LogP contribution in [0.15, 0.2) is 30.3 Å². The van der Waals surface area contributed by atoms with E-state index in [0.29, 0.717) is 45.9 Å². The number of nitrogens with one attached hydrogen (secondary N) is 2. The SMILES string of the molecule is CCCCNc1cc(OC)c(NCCCC)c2c1C(=O)c1ccccc1C2=O. The van der Waals surface area contributed by atoms with Crippen LogP contribution in [0.1, 0.15) is 71.4 Å². The molecule has 28 heavy (non-hydrogen) atoms. The minimum atomic E-state index is -0.137. The zero-order valence-corrected chi connectivity index (χ0v) is 16.9. The summed E-state index contributed by atoms with van der Waals surface area (Å²) in [4.78, 5) is 26.7. The highest BCUT2D eigenvalue weighted by Gasteiger charge is 2.35. The predicted octanol–water partition coefficient (Wildman–Crippen LogP) is 4.89. The Morgan fingerprint density at radius 1 is 0.857 bits per heavy atom. The molecule has 2 N–H and O–H groups in total. The summed E-state index contributed by atoms with van der Waals surface area (Å²) >= 11 is 0. The van der Waals surface area contributed by atoms with Gasteiger partial charge in [-0.15, -0.1) is 0 Å². The van der Waals surface area contributed by atoms with E-state index in [1.807, 2.05) is 6.07 Å². The third-order valence-corrected chi connectivity index (χ3v) is 5.06. The molecule has 0 aliphatic heterocycles. The second-order valence-electron chi connectivity index (χ2n) is 7.02. The molecule has 0 atom stereocenters. The van der Waals surface area contributed by atoms with Crippen molar-refractivity contribution >= 4 is 22.9 Å². The summed E-state index contributed by atoms with van der Waals surface area (Å²) in [5, 5.41) is 6.69. The van der Waals surface area contributed by atoms with E-state index >= 15 is 0 Å². The first-order valence-corrected chi connectivity index (χ1v) is 10.0. The molecule has 0 unspecified atom stereocenters. The van der Waals surface area contributed by atoms with Crippen molar-refractivity contribution in [2.75, 3.05) is 30.8 Å². The summed E-state index contributed by atoms with van der Waals surface area (Å²) < 4.78 is 5.59. The number of fused-ring (bicyclic) bond motifs is 2. The summed E-state index contributed by atoms with van der Waals surface area (Å²) in [5.41, 5.74) is 3.04. The van der Waals surface area contributed by atoms with Crippen LogP contribution in [0.2, 0.25) is 0 Å². The molecular formula is C23H28N2O3. The number of benzene rings is 2. The van der Waals surface area contributed by atoms with E-state index in [1.165, 1.54) is 0 Å².